The molecule has 0 atom stereocenters. The summed E-state index contributed by atoms with van der Waals surface area (Å²) in [5.41, 5.74) is 1.88. The zero-order valence-electron chi connectivity index (χ0n) is 18.2. The quantitative estimate of drug-likeness (QED) is 0.495. The molecule has 1 fully saturated rings. The van der Waals surface area contributed by atoms with Crippen molar-refractivity contribution in [3.63, 3.8) is 0 Å². The number of hydrogen-bond acceptors (Lipinski definition) is 7. The second kappa shape index (κ2) is 10.4. The number of halogens is 1. The number of aromatic nitrogens is 1. The molecule has 3 aromatic rings. The fourth-order valence-corrected chi connectivity index (χ4v) is 5.65. The molecule has 1 aliphatic heterocycles. The largest absolute Gasteiger partial charge is 0.495 e. The van der Waals surface area contributed by atoms with E-state index in [1.165, 1.54) is 53.1 Å². The van der Waals surface area contributed by atoms with Crippen molar-refractivity contribution >= 4 is 38.5 Å². The third-order valence-corrected chi connectivity index (χ3v) is 7.75. The van der Waals surface area contributed by atoms with Gasteiger partial charge in [-0.1, -0.05) is 6.07 Å². The maximum absolute atomic E-state index is 13.1. The van der Waals surface area contributed by atoms with Crippen molar-refractivity contribution in [2.75, 3.05) is 38.7 Å². The Kier molecular flexibility index (Phi) is 7.37. The Hall–Kier alpha value is -3.12. The van der Waals surface area contributed by atoms with Crippen LogP contribution in [-0.2, 0) is 19.6 Å². The minimum Gasteiger partial charge on any atom is -0.495 e. The van der Waals surface area contributed by atoms with Gasteiger partial charge in [-0.25, -0.2) is 17.8 Å². The highest BCUT2D eigenvalue weighted by Crippen LogP contribution is 2.29. The lowest BCUT2D eigenvalue weighted by Gasteiger charge is -2.26. The molecule has 0 unspecified atom stereocenters. The van der Waals surface area contributed by atoms with Crippen molar-refractivity contribution in [2.24, 2.45) is 0 Å². The average Bonchev–Trinajstić information content (AvgIpc) is 3.32. The molecule has 1 aromatic heterocycles. The molecule has 1 amide bonds. The molecule has 34 heavy (non-hydrogen) atoms. The highest BCUT2D eigenvalue weighted by atomic mass is 32.2. The van der Waals surface area contributed by atoms with Gasteiger partial charge in [0.15, 0.2) is 5.13 Å². The van der Waals surface area contributed by atoms with Gasteiger partial charge < -0.3 is 9.47 Å². The Bertz CT molecular complexity index is 1300. The number of carbonyl (C=O) groups is 1. The fourth-order valence-electron chi connectivity index (χ4n) is 3.33. The summed E-state index contributed by atoms with van der Waals surface area (Å²) in [5, 5.41) is 4.83. The number of morpholine rings is 1. The van der Waals surface area contributed by atoms with E-state index in [2.05, 4.69) is 10.3 Å². The van der Waals surface area contributed by atoms with E-state index in [1.807, 2.05) is 0 Å². The molecule has 1 saturated heterocycles. The van der Waals surface area contributed by atoms with Gasteiger partial charge in [-0.15, -0.1) is 11.3 Å². The van der Waals surface area contributed by atoms with Gasteiger partial charge in [0.2, 0.25) is 15.9 Å². The zero-order valence-corrected chi connectivity index (χ0v) is 19.9. The first-order valence-electron chi connectivity index (χ1n) is 10.3. The molecular formula is C23H22FN3O5S2. The Morgan fingerprint density at radius 3 is 2.65 bits per heavy atom. The van der Waals surface area contributed by atoms with Crippen LogP contribution in [-0.4, -0.2) is 57.0 Å². The van der Waals surface area contributed by atoms with Gasteiger partial charge in [0, 0.05) is 30.1 Å². The van der Waals surface area contributed by atoms with Gasteiger partial charge in [-0.3, -0.25) is 10.1 Å². The molecule has 0 aliphatic carbocycles. The molecule has 178 valence electrons. The van der Waals surface area contributed by atoms with Gasteiger partial charge in [0.05, 0.1) is 26.0 Å². The SMILES string of the molecule is COc1ccc(/C=C/C(=O)Nc2nc(-c3ccc(F)cc3)cs2)cc1S(=O)(=O)N1CCOCC1. The molecule has 2 aromatic carbocycles. The summed E-state index contributed by atoms with van der Waals surface area (Å²) in [6, 6.07) is 10.6. The number of hydrogen-bond donors (Lipinski definition) is 1. The van der Waals surface area contributed by atoms with E-state index in [1.54, 1.807) is 29.6 Å². The molecule has 4 rings (SSSR count). The Morgan fingerprint density at radius 2 is 1.94 bits per heavy atom. The summed E-state index contributed by atoms with van der Waals surface area (Å²) in [7, 11) is -2.37. The van der Waals surface area contributed by atoms with Crippen LogP contribution < -0.4 is 10.1 Å². The van der Waals surface area contributed by atoms with Crippen molar-refractivity contribution in [1.29, 1.82) is 0 Å². The van der Waals surface area contributed by atoms with Crippen LogP contribution in [0.25, 0.3) is 17.3 Å². The van der Waals surface area contributed by atoms with Gasteiger partial charge >= 0.3 is 0 Å². The molecular weight excluding hydrogens is 481 g/mol. The van der Waals surface area contributed by atoms with Crippen LogP contribution in [0.2, 0.25) is 0 Å². The Labute approximate surface area is 200 Å². The third-order valence-electron chi connectivity index (χ3n) is 5.08. The van der Waals surface area contributed by atoms with Gasteiger partial charge in [-0.05, 0) is 48.0 Å². The molecule has 11 heteroatoms. The van der Waals surface area contributed by atoms with Crippen LogP contribution in [0.15, 0.2) is 58.8 Å². The molecule has 1 aliphatic rings. The minimum absolute atomic E-state index is 0.0309. The summed E-state index contributed by atoms with van der Waals surface area (Å²) in [5.74, 6) is -0.533. The van der Waals surface area contributed by atoms with Crippen molar-refractivity contribution in [3.8, 4) is 17.0 Å². The predicted octanol–water partition coefficient (Wildman–Crippen LogP) is 3.63. The number of thiazole rings is 1. The molecule has 0 spiro atoms. The number of anilines is 1. The van der Waals surface area contributed by atoms with Gasteiger partial charge in [-0.2, -0.15) is 4.31 Å². The lowest BCUT2D eigenvalue weighted by Crippen LogP contribution is -2.40. The first-order valence-corrected chi connectivity index (χ1v) is 12.7. The summed E-state index contributed by atoms with van der Waals surface area (Å²) >= 11 is 1.24. The van der Waals surface area contributed by atoms with E-state index in [0.717, 1.165) is 5.56 Å². The molecule has 0 radical (unpaired) electrons. The number of carbonyl (C=O) groups excluding carboxylic acids is 1. The van der Waals surface area contributed by atoms with Crippen molar-refractivity contribution in [3.05, 3.63) is 65.3 Å². The lowest BCUT2D eigenvalue weighted by atomic mass is 10.2. The van der Waals surface area contributed by atoms with E-state index in [9.17, 15) is 17.6 Å². The van der Waals surface area contributed by atoms with E-state index in [-0.39, 0.29) is 29.6 Å². The van der Waals surface area contributed by atoms with Crippen LogP contribution in [0.1, 0.15) is 5.56 Å². The molecule has 0 saturated carbocycles. The van der Waals surface area contributed by atoms with Crippen LogP contribution in [0.5, 0.6) is 5.75 Å². The summed E-state index contributed by atoms with van der Waals surface area (Å²) in [4.78, 5) is 16.8. The maximum atomic E-state index is 13.1. The Morgan fingerprint density at radius 1 is 1.21 bits per heavy atom. The topological polar surface area (TPSA) is 97.8 Å². The second-order valence-electron chi connectivity index (χ2n) is 7.29. The van der Waals surface area contributed by atoms with Crippen molar-refractivity contribution in [1.82, 2.24) is 9.29 Å². The van der Waals surface area contributed by atoms with E-state index in [4.69, 9.17) is 9.47 Å². The first-order chi connectivity index (χ1) is 16.4. The molecule has 0 bridgehead atoms. The second-order valence-corrected chi connectivity index (χ2v) is 10.1. The Balaban J connectivity index is 1.47. The van der Waals surface area contributed by atoms with Crippen LogP contribution >= 0.6 is 11.3 Å². The molecule has 2 heterocycles. The van der Waals surface area contributed by atoms with E-state index in [0.29, 0.717) is 29.6 Å². The number of amides is 1. The van der Waals surface area contributed by atoms with Crippen LogP contribution in [0, 0.1) is 5.82 Å². The number of rotatable bonds is 7. The van der Waals surface area contributed by atoms with E-state index >= 15 is 0 Å². The number of nitrogens with zero attached hydrogens (tertiary/aromatic N) is 2. The van der Waals surface area contributed by atoms with Crippen LogP contribution in [0.3, 0.4) is 0 Å². The summed E-state index contributed by atoms with van der Waals surface area (Å²) in [6.45, 7) is 1.20. The number of sulfonamides is 1. The number of nitrogens with one attached hydrogen (secondary N) is 1. The van der Waals surface area contributed by atoms with E-state index < -0.39 is 15.9 Å². The minimum atomic E-state index is -3.78. The van der Waals surface area contributed by atoms with Gasteiger partial charge in [0.1, 0.15) is 16.5 Å². The highest BCUT2D eigenvalue weighted by Gasteiger charge is 2.29. The number of ether oxygens (including phenoxy) is 2. The zero-order chi connectivity index (χ0) is 24.1. The predicted molar refractivity (Wildman–Crippen MR) is 128 cm³/mol. The van der Waals surface area contributed by atoms with Crippen LogP contribution in [0.4, 0.5) is 9.52 Å². The van der Waals surface area contributed by atoms with Crippen molar-refractivity contribution in [2.45, 2.75) is 4.90 Å². The monoisotopic (exact) mass is 503 g/mol. The fraction of sp³-hybridized carbons (Fsp3) is 0.217. The third kappa shape index (κ3) is 5.50. The standard InChI is InChI=1S/C23H22FN3O5S2/c1-31-20-8-2-16(14-21(20)34(29,30)27-10-12-32-13-11-27)3-9-22(28)26-23-25-19(15-33-23)17-4-6-18(24)7-5-17/h2-9,14-15H,10-13H2,1H3,(H,25,26,28)/b9-3+. The normalized spacial score (nSPS) is 14.9. The van der Waals surface area contributed by atoms with Gasteiger partial charge in [0.25, 0.3) is 0 Å². The summed E-state index contributed by atoms with van der Waals surface area (Å²) < 4.78 is 51.2. The number of methoxy groups -OCH3 is 1. The molecule has 8 nitrogen and oxygen atoms in total. The highest BCUT2D eigenvalue weighted by molar-refractivity contribution is 7.89. The summed E-state index contributed by atoms with van der Waals surface area (Å²) in [6.07, 6.45) is 2.81. The lowest BCUT2D eigenvalue weighted by molar-refractivity contribution is -0.111. The molecule has 1 N–H and O–H groups in total. The first kappa shape index (κ1) is 24.0. The average molecular weight is 504 g/mol. The maximum Gasteiger partial charge on any atom is 0.250 e. The van der Waals surface area contributed by atoms with Crippen molar-refractivity contribution < 1.29 is 27.1 Å². The number of benzene rings is 2. The smallest absolute Gasteiger partial charge is 0.250 e.